The molecule has 1 N–H and O–H groups in total. The molecule has 1 aliphatic rings. The highest BCUT2D eigenvalue weighted by Gasteiger charge is 2.16. The Labute approximate surface area is 167 Å². The lowest BCUT2D eigenvalue weighted by molar-refractivity contribution is -0.116. The molecule has 6 nitrogen and oxygen atoms in total. The van der Waals surface area contributed by atoms with E-state index in [9.17, 15) is 9.59 Å². The van der Waals surface area contributed by atoms with Crippen LogP contribution in [-0.4, -0.2) is 28.5 Å². The lowest BCUT2D eigenvalue weighted by Gasteiger charge is -2.30. The second-order valence-electron chi connectivity index (χ2n) is 7.19. The number of nitrogens with one attached hydrogen (secondary N) is 1. The number of anilines is 2. The molecule has 1 aliphatic heterocycles. The van der Waals surface area contributed by atoms with E-state index in [1.807, 2.05) is 30.6 Å². The molecule has 1 saturated heterocycles. The van der Waals surface area contributed by atoms with Crippen molar-refractivity contribution in [1.82, 2.24) is 9.55 Å². The van der Waals surface area contributed by atoms with Crippen LogP contribution in [0.5, 0.6) is 0 Å². The summed E-state index contributed by atoms with van der Waals surface area (Å²) in [4.78, 5) is 31.0. The summed E-state index contributed by atoms with van der Waals surface area (Å²) < 4.78 is 1.64. The van der Waals surface area contributed by atoms with E-state index in [-0.39, 0.29) is 17.2 Å². The van der Waals surface area contributed by atoms with Gasteiger partial charge in [0.25, 0.3) is 0 Å². The number of carbonyl (C=O) groups excluding carboxylic acids is 1. The number of carbonyl (C=O) groups is 1. The summed E-state index contributed by atoms with van der Waals surface area (Å²) in [5, 5.41) is 6.88. The van der Waals surface area contributed by atoms with Crippen molar-refractivity contribution in [2.45, 2.75) is 39.2 Å². The average molecular weight is 397 g/mol. The fourth-order valence-corrected chi connectivity index (χ4v) is 4.56. The van der Waals surface area contributed by atoms with Crippen LogP contribution in [-0.2, 0) is 11.3 Å². The van der Waals surface area contributed by atoms with Gasteiger partial charge in [-0.1, -0.05) is 11.3 Å². The Bertz CT molecular complexity index is 1050. The van der Waals surface area contributed by atoms with Crippen LogP contribution in [0.25, 0.3) is 10.8 Å². The first-order chi connectivity index (χ1) is 13.6. The molecule has 3 heterocycles. The molecule has 3 aromatic rings. The lowest BCUT2D eigenvalue weighted by atomic mass is 10.0. The summed E-state index contributed by atoms with van der Waals surface area (Å²) in [6, 6.07) is 6.08. The standard InChI is InChI=1S/C21H24N4O2S/c1-15-14-28-21(27)25(15)12-8-20(26)23-18-5-6-19(24-10-3-2-4-11-24)16-7-9-22-13-17(16)18/h5-7,9,13-14H,2-4,8,10-12H2,1H3,(H,23,26). The van der Waals surface area contributed by atoms with Crippen LogP contribution in [0.4, 0.5) is 11.4 Å². The van der Waals surface area contributed by atoms with Crippen LogP contribution in [0.15, 0.2) is 40.8 Å². The van der Waals surface area contributed by atoms with Crippen LogP contribution in [0, 0.1) is 6.92 Å². The molecular formula is C21H24N4O2S. The normalized spacial score (nSPS) is 14.4. The molecule has 0 atom stereocenters. The van der Waals surface area contributed by atoms with Crippen molar-refractivity contribution >= 4 is 39.4 Å². The molecule has 146 valence electrons. The quantitative estimate of drug-likeness (QED) is 0.713. The highest BCUT2D eigenvalue weighted by Crippen LogP contribution is 2.33. The van der Waals surface area contributed by atoms with Crippen molar-refractivity contribution in [2.24, 2.45) is 0 Å². The second-order valence-corrected chi connectivity index (χ2v) is 8.01. The number of hydrogen-bond donors (Lipinski definition) is 1. The smallest absolute Gasteiger partial charge is 0.307 e. The summed E-state index contributed by atoms with van der Waals surface area (Å²) in [7, 11) is 0. The zero-order valence-corrected chi connectivity index (χ0v) is 16.8. The van der Waals surface area contributed by atoms with E-state index in [0.717, 1.165) is 35.2 Å². The molecule has 0 radical (unpaired) electrons. The second kappa shape index (κ2) is 8.14. The first-order valence-corrected chi connectivity index (χ1v) is 10.6. The van der Waals surface area contributed by atoms with Crippen molar-refractivity contribution in [1.29, 1.82) is 0 Å². The monoisotopic (exact) mass is 396 g/mol. The van der Waals surface area contributed by atoms with Gasteiger partial charge in [0.15, 0.2) is 0 Å². The maximum atomic E-state index is 12.5. The number of pyridine rings is 1. The van der Waals surface area contributed by atoms with Gasteiger partial charge in [0.1, 0.15) is 0 Å². The summed E-state index contributed by atoms with van der Waals surface area (Å²) in [5.74, 6) is -0.103. The minimum absolute atomic E-state index is 0.0224. The van der Waals surface area contributed by atoms with Gasteiger partial charge in [-0.3, -0.25) is 14.6 Å². The first kappa shape index (κ1) is 18.7. The minimum Gasteiger partial charge on any atom is -0.371 e. The largest absolute Gasteiger partial charge is 0.371 e. The van der Waals surface area contributed by atoms with Gasteiger partial charge in [-0.2, -0.15) is 0 Å². The average Bonchev–Trinajstić information content (AvgIpc) is 3.05. The van der Waals surface area contributed by atoms with Gasteiger partial charge in [-0.05, 0) is 44.4 Å². The molecule has 0 aliphatic carbocycles. The number of aryl methyl sites for hydroxylation is 1. The van der Waals surface area contributed by atoms with Gasteiger partial charge in [0, 0.05) is 66.0 Å². The third-order valence-corrected chi connectivity index (χ3v) is 6.19. The number of hydrogen-bond acceptors (Lipinski definition) is 5. The zero-order chi connectivity index (χ0) is 19.5. The van der Waals surface area contributed by atoms with E-state index < -0.39 is 0 Å². The molecule has 1 amide bonds. The summed E-state index contributed by atoms with van der Waals surface area (Å²) in [5.41, 5.74) is 2.86. The highest BCUT2D eigenvalue weighted by molar-refractivity contribution is 7.07. The number of rotatable bonds is 5. The first-order valence-electron chi connectivity index (χ1n) is 9.70. The molecule has 0 unspecified atom stereocenters. The van der Waals surface area contributed by atoms with E-state index >= 15 is 0 Å². The van der Waals surface area contributed by atoms with E-state index in [1.54, 1.807) is 10.8 Å². The molecule has 0 bridgehead atoms. The van der Waals surface area contributed by atoms with Gasteiger partial charge >= 0.3 is 4.87 Å². The Morgan fingerprint density at radius 1 is 1.18 bits per heavy atom. The maximum Gasteiger partial charge on any atom is 0.307 e. The number of aromatic nitrogens is 2. The van der Waals surface area contributed by atoms with Crippen LogP contribution < -0.4 is 15.1 Å². The third kappa shape index (κ3) is 3.80. The van der Waals surface area contributed by atoms with Gasteiger partial charge in [0.05, 0.1) is 5.69 Å². The minimum atomic E-state index is -0.103. The number of thiazole rings is 1. The van der Waals surface area contributed by atoms with E-state index in [2.05, 4.69) is 21.3 Å². The van der Waals surface area contributed by atoms with Crippen LogP contribution in [0.1, 0.15) is 31.4 Å². The number of fused-ring (bicyclic) bond motifs is 1. The van der Waals surface area contributed by atoms with Crippen molar-refractivity contribution < 1.29 is 4.79 Å². The number of benzene rings is 1. The molecule has 4 rings (SSSR count). The Morgan fingerprint density at radius 2 is 2.00 bits per heavy atom. The van der Waals surface area contributed by atoms with E-state index in [1.165, 1.54) is 36.3 Å². The predicted molar refractivity (Wildman–Crippen MR) is 114 cm³/mol. The van der Waals surface area contributed by atoms with E-state index in [0.29, 0.717) is 6.54 Å². The summed E-state index contributed by atoms with van der Waals surface area (Å²) >= 11 is 1.17. The predicted octanol–water partition coefficient (Wildman–Crippen LogP) is 3.79. The Balaban J connectivity index is 1.54. The fourth-order valence-electron chi connectivity index (χ4n) is 3.79. The Kier molecular flexibility index (Phi) is 5.43. The van der Waals surface area contributed by atoms with Crippen LogP contribution in [0.2, 0.25) is 0 Å². The molecular weight excluding hydrogens is 372 g/mol. The SMILES string of the molecule is Cc1csc(=O)n1CCC(=O)Nc1ccc(N2CCCCC2)c2ccncc12. The summed E-state index contributed by atoms with van der Waals surface area (Å²) in [6.45, 7) is 4.41. The molecule has 1 fully saturated rings. The van der Waals surface area contributed by atoms with Crippen molar-refractivity contribution in [2.75, 3.05) is 23.3 Å². The lowest BCUT2D eigenvalue weighted by Crippen LogP contribution is -2.29. The fraction of sp³-hybridized carbons (Fsp3) is 0.381. The number of amides is 1. The van der Waals surface area contributed by atoms with Crippen molar-refractivity contribution in [3.05, 3.63) is 51.3 Å². The van der Waals surface area contributed by atoms with Crippen LogP contribution in [0.3, 0.4) is 0 Å². The molecule has 0 spiro atoms. The van der Waals surface area contributed by atoms with Gasteiger partial charge in [-0.15, -0.1) is 0 Å². The van der Waals surface area contributed by atoms with Gasteiger partial charge in [0.2, 0.25) is 5.91 Å². The van der Waals surface area contributed by atoms with Crippen LogP contribution >= 0.6 is 11.3 Å². The van der Waals surface area contributed by atoms with Gasteiger partial charge < -0.3 is 14.8 Å². The van der Waals surface area contributed by atoms with E-state index in [4.69, 9.17) is 0 Å². The Hall–Kier alpha value is -2.67. The molecule has 7 heteroatoms. The maximum absolute atomic E-state index is 12.5. The molecule has 1 aromatic carbocycles. The topological polar surface area (TPSA) is 67.2 Å². The summed E-state index contributed by atoms with van der Waals surface area (Å²) in [6.07, 6.45) is 7.59. The molecule has 2 aromatic heterocycles. The Morgan fingerprint density at radius 3 is 2.75 bits per heavy atom. The number of piperidine rings is 1. The third-order valence-electron chi connectivity index (χ3n) is 5.30. The van der Waals surface area contributed by atoms with Gasteiger partial charge in [-0.25, -0.2) is 0 Å². The molecule has 28 heavy (non-hydrogen) atoms. The highest BCUT2D eigenvalue weighted by atomic mass is 32.1. The molecule has 0 saturated carbocycles. The van der Waals surface area contributed by atoms with Crippen molar-refractivity contribution in [3.63, 3.8) is 0 Å². The van der Waals surface area contributed by atoms with Crippen molar-refractivity contribution in [3.8, 4) is 0 Å². The zero-order valence-electron chi connectivity index (χ0n) is 16.0. The number of nitrogens with zero attached hydrogens (tertiary/aromatic N) is 3.